The highest BCUT2D eigenvalue weighted by atomic mass is 35.5. The van der Waals surface area contributed by atoms with Crippen molar-refractivity contribution in [2.75, 3.05) is 0 Å². The topological polar surface area (TPSA) is 48.5 Å². The summed E-state index contributed by atoms with van der Waals surface area (Å²) in [6, 6.07) is 0.225. The molecule has 5 nitrogen and oxygen atoms in total. The Kier molecular flexibility index (Phi) is 3.58. The van der Waals surface area contributed by atoms with Crippen molar-refractivity contribution in [3.8, 4) is 11.5 Å². The van der Waals surface area contributed by atoms with E-state index in [1.165, 1.54) is 0 Å². The third-order valence-corrected chi connectivity index (χ3v) is 4.16. The highest BCUT2D eigenvalue weighted by Crippen LogP contribution is 2.23. The predicted molar refractivity (Wildman–Crippen MR) is 80.0 cm³/mol. The Balaban J connectivity index is 1.76. The molecule has 0 spiro atoms. The fraction of sp³-hybridized carbons (Fsp3) is 0.308. The molecule has 104 valence electrons. The molecular formula is C13H14ClN5S. The molecule has 1 unspecified atom stereocenters. The van der Waals surface area contributed by atoms with Crippen LogP contribution in [0.1, 0.15) is 18.0 Å². The van der Waals surface area contributed by atoms with E-state index in [4.69, 9.17) is 11.6 Å². The Bertz CT molecular complexity index is 714. The first-order valence-electron chi connectivity index (χ1n) is 6.25. The summed E-state index contributed by atoms with van der Waals surface area (Å²) >= 11 is 7.54. The molecule has 0 aliphatic carbocycles. The minimum Gasteiger partial charge on any atom is -0.333 e. The Morgan fingerprint density at radius 3 is 2.95 bits per heavy atom. The van der Waals surface area contributed by atoms with Crippen molar-refractivity contribution >= 4 is 22.9 Å². The molecule has 20 heavy (non-hydrogen) atoms. The lowest BCUT2D eigenvalue weighted by Crippen LogP contribution is -2.08. The monoisotopic (exact) mass is 307 g/mol. The fourth-order valence-corrected chi connectivity index (χ4v) is 3.06. The third kappa shape index (κ3) is 2.62. The SMILES string of the molecule is CC(Cc1nc(-c2nccn2C)cs1)n1cc(Cl)cn1. The highest BCUT2D eigenvalue weighted by molar-refractivity contribution is 7.09. The molecular weight excluding hydrogens is 294 g/mol. The predicted octanol–water partition coefficient (Wildman–Crippen LogP) is 3.20. The summed E-state index contributed by atoms with van der Waals surface area (Å²) in [5.74, 6) is 0.891. The summed E-state index contributed by atoms with van der Waals surface area (Å²) in [5.41, 5.74) is 0.920. The highest BCUT2D eigenvalue weighted by Gasteiger charge is 2.13. The molecule has 3 aromatic rings. The summed E-state index contributed by atoms with van der Waals surface area (Å²) in [7, 11) is 1.97. The third-order valence-electron chi connectivity index (χ3n) is 3.09. The van der Waals surface area contributed by atoms with E-state index in [9.17, 15) is 0 Å². The number of hydrogen-bond donors (Lipinski definition) is 0. The van der Waals surface area contributed by atoms with E-state index in [2.05, 4.69) is 22.0 Å². The van der Waals surface area contributed by atoms with Crippen LogP contribution in [0.4, 0.5) is 0 Å². The van der Waals surface area contributed by atoms with Crippen LogP contribution in [0, 0.1) is 0 Å². The largest absolute Gasteiger partial charge is 0.333 e. The van der Waals surface area contributed by atoms with E-state index in [1.54, 1.807) is 23.7 Å². The molecule has 0 amide bonds. The van der Waals surface area contributed by atoms with Crippen LogP contribution in [-0.2, 0) is 13.5 Å². The Labute approximate surface area is 125 Å². The van der Waals surface area contributed by atoms with Crippen LogP contribution >= 0.6 is 22.9 Å². The van der Waals surface area contributed by atoms with Crippen molar-refractivity contribution in [1.29, 1.82) is 0 Å². The number of thiazole rings is 1. The van der Waals surface area contributed by atoms with Crippen LogP contribution in [0.15, 0.2) is 30.2 Å². The first-order chi connectivity index (χ1) is 9.63. The normalized spacial score (nSPS) is 12.8. The summed E-state index contributed by atoms with van der Waals surface area (Å²) in [6.07, 6.45) is 8.01. The zero-order chi connectivity index (χ0) is 14.1. The van der Waals surface area contributed by atoms with Crippen LogP contribution in [0.2, 0.25) is 5.02 Å². The molecule has 3 heterocycles. The van der Waals surface area contributed by atoms with E-state index in [0.29, 0.717) is 5.02 Å². The van der Waals surface area contributed by atoms with Gasteiger partial charge >= 0.3 is 0 Å². The van der Waals surface area contributed by atoms with E-state index in [1.807, 2.05) is 34.1 Å². The molecule has 7 heteroatoms. The quantitative estimate of drug-likeness (QED) is 0.743. The fourth-order valence-electron chi connectivity index (χ4n) is 2.02. The smallest absolute Gasteiger partial charge is 0.159 e. The second-order valence-corrected chi connectivity index (χ2v) is 6.06. The number of aromatic nitrogens is 5. The van der Waals surface area contributed by atoms with E-state index >= 15 is 0 Å². The molecule has 0 aromatic carbocycles. The van der Waals surface area contributed by atoms with Gasteiger partial charge in [-0.05, 0) is 6.92 Å². The van der Waals surface area contributed by atoms with Gasteiger partial charge in [0.25, 0.3) is 0 Å². The van der Waals surface area contributed by atoms with E-state index in [-0.39, 0.29) is 6.04 Å². The summed E-state index contributed by atoms with van der Waals surface area (Å²) in [4.78, 5) is 8.96. The number of aryl methyl sites for hydroxylation is 1. The van der Waals surface area contributed by atoms with Crippen LogP contribution < -0.4 is 0 Å². The Morgan fingerprint density at radius 1 is 1.45 bits per heavy atom. The van der Waals surface area contributed by atoms with Crippen LogP contribution in [0.3, 0.4) is 0 Å². The molecule has 0 N–H and O–H groups in total. The molecule has 0 saturated carbocycles. The summed E-state index contributed by atoms with van der Waals surface area (Å²) in [5, 5.41) is 8.00. The maximum Gasteiger partial charge on any atom is 0.159 e. The minimum absolute atomic E-state index is 0.225. The average molecular weight is 308 g/mol. The lowest BCUT2D eigenvalue weighted by atomic mass is 10.2. The number of imidazole rings is 1. The number of hydrogen-bond acceptors (Lipinski definition) is 4. The van der Waals surface area contributed by atoms with Gasteiger partial charge in [-0.2, -0.15) is 5.10 Å². The maximum absolute atomic E-state index is 5.89. The molecule has 3 aromatic heterocycles. The standard InChI is InChI=1S/C13H14ClN5S/c1-9(19-7-10(14)6-16-19)5-12-17-11(8-20-12)13-15-3-4-18(13)2/h3-4,6-9H,5H2,1-2H3. The van der Waals surface area contributed by atoms with Gasteiger partial charge in [0, 0.05) is 37.4 Å². The average Bonchev–Trinajstić information content (AvgIpc) is 3.10. The first-order valence-corrected chi connectivity index (χ1v) is 7.51. The van der Waals surface area contributed by atoms with E-state index < -0.39 is 0 Å². The van der Waals surface area contributed by atoms with Crippen LogP contribution in [0.25, 0.3) is 11.5 Å². The van der Waals surface area contributed by atoms with Crippen molar-refractivity contribution in [2.24, 2.45) is 7.05 Å². The maximum atomic E-state index is 5.89. The minimum atomic E-state index is 0.225. The molecule has 3 rings (SSSR count). The number of rotatable bonds is 4. The lowest BCUT2D eigenvalue weighted by Gasteiger charge is -2.09. The molecule has 0 aliphatic rings. The van der Waals surface area contributed by atoms with Gasteiger partial charge in [0.1, 0.15) is 5.69 Å². The van der Waals surface area contributed by atoms with E-state index in [0.717, 1.165) is 22.9 Å². The van der Waals surface area contributed by atoms with Gasteiger partial charge in [0.05, 0.1) is 22.3 Å². The summed E-state index contributed by atoms with van der Waals surface area (Å²) in [6.45, 7) is 2.10. The van der Waals surface area contributed by atoms with Crippen molar-refractivity contribution in [3.05, 3.63) is 40.2 Å². The molecule has 0 fully saturated rings. The lowest BCUT2D eigenvalue weighted by molar-refractivity contribution is 0.488. The van der Waals surface area contributed by atoms with Gasteiger partial charge in [-0.1, -0.05) is 11.6 Å². The second kappa shape index (κ2) is 5.38. The van der Waals surface area contributed by atoms with Gasteiger partial charge in [-0.25, -0.2) is 9.97 Å². The zero-order valence-corrected chi connectivity index (χ0v) is 12.8. The van der Waals surface area contributed by atoms with Gasteiger partial charge in [0.2, 0.25) is 0 Å². The first kappa shape index (κ1) is 13.3. The molecule has 0 saturated heterocycles. The van der Waals surface area contributed by atoms with Gasteiger partial charge in [-0.15, -0.1) is 11.3 Å². The van der Waals surface area contributed by atoms with Crippen LogP contribution in [0.5, 0.6) is 0 Å². The molecule has 0 bridgehead atoms. The molecule has 1 atom stereocenters. The van der Waals surface area contributed by atoms with Crippen molar-refractivity contribution < 1.29 is 0 Å². The number of halogens is 1. The second-order valence-electron chi connectivity index (χ2n) is 4.68. The van der Waals surface area contributed by atoms with Crippen molar-refractivity contribution in [1.82, 2.24) is 24.3 Å². The van der Waals surface area contributed by atoms with Crippen LogP contribution in [-0.4, -0.2) is 24.3 Å². The zero-order valence-electron chi connectivity index (χ0n) is 11.2. The van der Waals surface area contributed by atoms with Gasteiger partial charge in [0.15, 0.2) is 5.82 Å². The summed E-state index contributed by atoms with van der Waals surface area (Å²) < 4.78 is 3.83. The number of nitrogens with zero attached hydrogens (tertiary/aromatic N) is 5. The molecule has 0 aliphatic heterocycles. The van der Waals surface area contributed by atoms with Crippen molar-refractivity contribution in [2.45, 2.75) is 19.4 Å². The Hall–Kier alpha value is -1.66. The van der Waals surface area contributed by atoms with Gasteiger partial charge in [-0.3, -0.25) is 4.68 Å². The Morgan fingerprint density at radius 2 is 2.30 bits per heavy atom. The molecule has 0 radical (unpaired) electrons. The van der Waals surface area contributed by atoms with Gasteiger partial charge < -0.3 is 4.57 Å². The van der Waals surface area contributed by atoms with Crippen molar-refractivity contribution in [3.63, 3.8) is 0 Å².